The summed E-state index contributed by atoms with van der Waals surface area (Å²) in [6.45, 7) is 0.267. The fourth-order valence-corrected chi connectivity index (χ4v) is 3.74. The average Bonchev–Trinajstić information content (AvgIpc) is 2.87. The number of carbonyl (C=O) groups excluding carboxylic acids is 3. The third kappa shape index (κ3) is 3.52. The van der Waals surface area contributed by atoms with Gasteiger partial charge in [-0.1, -0.05) is 25.0 Å². The maximum absolute atomic E-state index is 12.5. The van der Waals surface area contributed by atoms with Crippen molar-refractivity contribution in [1.29, 1.82) is 0 Å². The quantitative estimate of drug-likeness (QED) is 0.764. The Morgan fingerprint density at radius 2 is 1.68 bits per heavy atom. The number of fused-ring (bicyclic) bond motifs is 1. The zero-order valence-corrected chi connectivity index (χ0v) is 14.7. The van der Waals surface area contributed by atoms with Crippen molar-refractivity contribution >= 4 is 17.7 Å². The van der Waals surface area contributed by atoms with Gasteiger partial charge in [0.25, 0.3) is 0 Å². The summed E-state index contributed by atoms with van der Waals surface area (Å²) in [5.41, 5.74) is 0.962. The highest BCUT2D eigenvalue weighted by atomic mass is 16.5. The summed E-state index contributed by atoms with van der Waals surface area (Å²) in [7, 11) is 3.29. The first-order valence-corrected chi connectivity index (χ1v) is 8.73. The largest absolute Gasteiger partial charge is 0.497 e. The van der Waals surface area contributed by atoms with Gasteiger partial charge in [-0.2, -0.15) is 0 Å². The summed E-state index contributed by atoms with van der Waals surface area (Å²) in [5, 5.41) is 0. The number of rotatable bonds is 5. The lowest BCUT2D eigenvalue weighted by Gasteiger charge is -2.21. The SMILES string of the molecule is COc1ccc(CN(C)C(=O)CN2C(=O)C3CCCCC3C2=O)cc1. The van der Waals surface area contributed by atoms with Crippen molar-refractivity contribution in [3.8, 4) is 5.75 Å². The minimum absolute atomic E-state index is 0.155. The zero-order valence-electron chi connectivity index (χ0n) is 14.7. The molecule has 0 aromatic heterocycles. The van der Waals surface area contributed by atoms with Crippen LogP contribution in [0.5, 0.6) is 5.75 Å². The molecule has 2 unspecified atom stereocenters. The van der Waals surface area contributed by atoms with Crippen molar-refractivity contribution in [2.45, 2.75) is 32.2 Å². The minimum Gasteiger partial charge on any atom is -0.497 e. The van der Waals surface area contributed by atoms with Crippen LogP contribution < -0.4 is 4.74 Å². The standard InChI is InChI=1S/C19H24N2O4/c1-20(11-13-7-9-14(25-2)10-8-13)17(22)12-21-18(23)15-5-3-4-6-16(15)19(21)24/h7-10,15-16H,3-6,11-12H2,1-2H3. The molecule has 6 heteroatoms. The maximum atomic E-state index is 12.5. The van der Waals surface area contributed by atoms with Gasteiger partial charge in [-0.3, -0.25) is 19.3 Å². The van der Waals surface area contributed by atoms with Gasteiger partial charge >= 0.3 is 0 Å². The fourth-order valence-electron chi connectivity index (χ4n) is 3.74. The van der Waals surface area contributed by atoms with Crippen LogP contribution in [0.15, 0.2) is 24.3 Å². The van der Waals surface area contributed by atoms with E-state index in [1.165, 1.54) is 4.90 Å². The van der Waals surface area contributed by atoms with Crippen molar-refractivity contribution < 1.29 is 19.1 Å². The number of ether oxygens (including phenoxy) is 1. The van der Waals surface area contributed by atoms with Gasteiger partial charge in [-0.05, 0) is 30.5 Å². The molecule has 3 amide bonds. The van der Waals surface area contributed by atoms with Gasteiger partial charge < -0.3 is 9.64 Å². The minimum atomic E-state index is -0.226. The second kappa shape index (κ2) is 7.25. The highest BCUT2D eigenvalue weighted by Gasteiger charge is 2.48. The summed E-state index contributed by atoms with van der Waals surface area (Å²) < 4.78 is 5.12. The molecule has 0 radical (unpaired) electrons. The number of benzene rings is 1. The van der Waals surface area contributed by atoms with Crippen LogP contribution >= 0.6 is 0 Å². The highest BCUT2D eigenvalue weighted by molar-refractivity contribution is 6.07. The summed E-state index contributed by atoms with van der Waals surface area (Å²) >= 11 is 0. The third-order valence-electron chi connectivity index (χ3n) is 5.23. The molecule has 1 aromatic rings. The normalized spacial score (nSPS) is 22.7. The molecule has 2 aliphatic rings. The number of methoxy groups -OCH3 is 1. The highest BCUT2D eigenvalue weighted by Crippen LogP contribution is 2.37. The number of carbonyl (C=O) groups is 3. The van der Waals surface area contributed by atoms with E-state index in [0.29, 0.717) is 6.54 Å². The van der Waals surface area contributed by atoms with Crippen molar-refractivity contribution in [3.05, 3.63) is 29.8 Å². The monoisotopic (exact) mass is 344 g/mol. The molecule has 1 aliphatic heterocycles. The number of imide groups is 1. The van der Waals surface area contributed by atoms with Crippen LogP contribution in [0.3, 0.4) is 0 Å². The summed E-state index contributed by atoms with van der Waals surface area (Å²) in [6, 6.07) is 7.46. The van der Waals surface area contributed by atoms with Crippen molar-refractivity contribution in [2.75, 3.05) is 20.7 Å². The van der Waals surface area contributed by atoms with E-state index in [4.69, 9.17) is 4.74 Å². The van der Waals surface area contributed by atoms with Crippen LogP contribution in [-0.4, -0.2) is 48.2 Å². The van der Waals surface area contributed by atoms with E-state index >= 15 is 0 Å². The van der Waals surface area contributed by atoms with E-state index in [0.717, 1.165) is 37.0 Å². The van der Waals surface area contributed by atoms with E-state index in [-0.39, 0.29) is 36.1 Å². The molecule has 25 heavy (non-hydrogen) atoms. The molecular weight excluding hydrogens is 320 g/mol. The first kappa shape index (κ1) is 17.5. The summed E-state index contributed by atoms with van der Waals surface area (Å²) in [6.07, 6.45) is 3.50. The Morgan fingerprint density at radius 3 is 2.20 bits per heavy atom. The zero-order chi connectivity index (χ0) is 18.0. The molecular formula is C19H24N2O4. The molecule has 2 atom stereocenters. The van der Waals surface area contributed by atoms with Crippen LogP contribution in [0.1, 0.15) is 31.2 Å². The number of hydrogen-bond donors (Lipinski definition) is 0. The number of hydrogen-bond acceptors (Lipinski definition) is 4. The van der Waals surface area contributed by atoms with Crippen LogP contribution in [0, 0.1) is 11.8 Å². The number of amides is 3. The Kier molecular flexibility index (Phi) is 5.06. The lowest BCUT2D eigenvalue weighted by atomic mass is 9.81. The van der Waals surface area contributed by atoms with Crippen LogP contribution in [0.2, 0.25) is 0 Å². The molecule has 2 fully saturated rings. The lowest BCUT2D eigenvalue weighted by molar-refractivity contribution is -0.146. The van der Waals surface area contributed by atoms with E-state index in [1.807, 2.05) is 24.3 Å². The van der Waals surface area contributed by atoms with E-state index in [1.54, 1.807) is 19.1 Å². The molecule has 1 saturated heterocycles. The smallest absolute Gasteiger partial charge is 0.242 e. The van der Waals surface area contributed by atoms with Crippen LogP contribution in [-0.2, 0) is 20.9 Å². The first-order chi connectivity index (χ1) is 12.0. The molecule has 1 aromatic carbocycles. The Hall–Kier alpha value is -2.37. The molecule has 0 N–H and O–H groups in total. The molecule has 1 heterocycles. The maximum Gasteiger partial charge on any atom is 0.242 e. The Bertz CT molecular complexity index is 647. The second-order valence-corrected chi connectivity index (χ2v) is 6.86. The van der Waals surface area contributed by atoms with Gasteiger partial charge in [0.05, 0.1) is 18.9 Å². The molecule has 1 saturated carbocycles. The third-order valence-corrected chi connectivity index (χ3v) is 5.23. The number of likely N-dealkylation sites (N-methyl/N-ethyl adjacent to an activating group) is 1. The topological polar surface area (TPSA) is 66.9 Å². The number of nitrogens with zero attached hydrogens (tertiary/aromatic N) is 2. The predicted octanol–water partition coefficient (Wildman–Crippen LogP) is 1.83. The summed E-state index contributed by atoms with van der Waals surface area (Å²) in [5.74, 6) is -0.214. The lowest BCUT2D eigenvalue weighted by Crippen LogP contribution is -2.41. The van der Waals surface area contributed by atoms with Crippen molar-refractivity contribution in [1.82, 2.24) is 9.80 Å². The van der Waals surface area contributed by atoms with Gasteiger partial charge in [0.15, 0.2) is 0 Å². The Morgan fingerprint density at radius 1 is 1.12 bits per heavy atom. The number of likely N-dealkylation sites (tertiary alicyclic amines) is 1. The van der Waals surface area contributed by atoms with Crippen molar-refractivity contribution in [3.63, 3.8) is 0 Å². The van der Waals surface area contributed by atoms with Crippen LogP contribution in [0.25, 0.3) is 0 Å². The van der Waals surface area contributed by atoms with Gasteiger partial charge in [-0.15, -0.1) is 0 Å². The predicted molar refractivity (Wildman–Crippen MR) is 91.6 cm³/mol. The van der Waals surface area contributed by atoms with Gasteiger partial charge in [0, 0.05) is 13.6 Å². The molecule has 1 aliphatic carbocycles. The van der Waals surface area contributed by atoms with E-state index in [2.05, 4.69) is 0 Å². The Balaban J connectivity index is 1.60. The van der Waals surface area contributed by atoms with Gasteiger partial charge in [-0.25, -0.2) is 0 Å². The van der Waals surface area contributed by atoms with Gasteiger partial charge in [0.2, 0.25) is 17.7 Å². The van der Waals surface area contributed by atoms with E-state index in [9.17, 15) is 14.4 Å². The van der Waals surface area contributed by atoms with E-state index < -0.39 is 0 Å². The second-order valence-electron chi connectivity index (χ2n) is 6.86. The van der Waals surface area contributed by atoms with Crippen molar-refractivity contribution in [2.24, 2.45) is 11.8 Å². The molecule has 134 valence electrons. The average molecular weight is 344 g/mol. The molecule has 3 rings (SSSR count). The Labute approximate surface area is 147 Å². The van der Waals surface area contributed by atoms with Gasteiger partial charge in [0.1, 0.15) is 12.3 Å². The van der Waals surface area contributed by atoms with Crippen LogP contribution in [0.4, 0.5) is 0 Å². The molecule has 6 nitrogen and oxygen atoms in total. The summed E-state index contributed by atoms with van der Waals surface area (Å²) in [4.78, 5) is 40.1. The first-order valence-electron chi connectivity index (χ1n) is 8.73. The molecule has 0 spiro atoms. The fraction of sp³-hybridized carbons (Fsp3) is 0.526. The molecule has 0 bridgehead atoms.